The number of thiol groups is 1. The van der Waals surface area contributed by atoms with E-state index in [1.54, 1.807) is 0 Å². The summed E-state index contributed by atoms with van der Waals surface area (Å²) in [5, 5.41) is 0. The van der Waals surface area contributed by atoms with Crippen molar-refractivity contribution < 1.29 is 0 Å². The summed E-state index contributed by atoms with van der Waals surface area (Å²) in [4.78, 5) is 0. The van der Waals surface area contributed by atoms with Crippen molar-refractivity contribution in [2.75, 3.05) is 18.3 Å². The lowest BCUT2D eigenvalue weighted by molar-refractivity contribution is 0.455. The first-order valence-corrected chi connectivity index (χ1v) is 7.65. The predicted molar refractivity (Wildman–Crippen MR) is 63.4 cm³/mol. The van der Waals surface area contributed by atoms with Crippen LogP contribution >= 0.6 is 10.9 Å². The van der Waals surface area contributed by atoms with Gasteiger partial charge in [0.2, 0.25) is 0 Å². The van der Waals surface area contributed by atoms with E-state index < -0.39 is 0 Å². The van der Waals surface area contributed by atoms with Crippen LogP contribution in [0.5, 0.6) is 0 Å². The van der Waals surface area contributed by atoms with E-state index in [1.165, 1.54) is 25.0 Å². The Kier molecular flexibility index (Phi) is 4.07. The second-order valence-corrected chi connectivity index (χ2v) is 7.42. The first kappa shape index (κ1) is 11.3. The quantitative estimate of drug-likeness (QED) is 0.457. The third-order valence-corrected chi connectivity index (χ3v) is 3.73. The number of hydrogen-bond donors (Lipinski definition) is 3. The van der Waals surface area contributed by atoms with Crippen molar-refractivity contribution in [2.24, 2.45) is 5.92 Å². The van der Waals surface area contributed by atoms with Gasteiger partial charge in [-0.25, -0.2) is 10.9 Å². The summed E-state index contributed by atoms with van der Waals surface area (Å²) in [5.74, 6) is 2.21. The Labute approximate surface area is 85.2 Å². The highest BCUT2D eigenvalue weighted by atomic mass is 32.2. The van der Waals surface area contributed by atoms with Gasteiger partial charge in [0.25, 0.3) is 0 Å². The molecule has 1 fully saturated rings. The van der Waals surface area contributed by atoms with Crippen LogP contribution in [0.15, 0.2) is 0 Å². The Hall–Kier alpha value is 0.270. The van der Waals surface area contributed by atoms with Crippen LogP contribution in [-0.4, -0.2) is 23.9 Å². The third kappa shape index (κ3) is 4.34. The smallest absolute Gasteiger partial charge is 0.0950 e. The van der Waals surface area contributed by atoms with Crippen molar-refractivity contribution >= 4 is 10.9 Å². The molecule has 0 radical (unpaired) electrons. The Balaban J connectivity index is 2.15. The molecule has 1 heterocycles. The summed E-state index contributed by atoms with van der Waals surface area (Å²) in [5.41, 5.74) is 6.97. The maximum absolute atomic E-state index is 3.32. The average molecular weight is 204 g/mol. The zero-order chi connectivity index (χ0) is 9.90. The van der Waals surface area contributed by atoms with Gasteiger partial charge in [-0.15, -0.1) is 0 Å². The summed E-state index contributed by atoms with van der Waals surface area (Å²) in [6.07, 6.45) is 8.62. The van der Waals surface area contributed by atoms with Crippen molar-refractivity contribution in [1.82, 2.24) is 10.9 Å². The van der Waals surface area contributed by atoms with Gasteiger partial charge in [-0.3, -0.25) is 10.9 Å². The Morgan fingerprint density at radius 2 is 1.77 bits per heavy atom. The Morgan fingerprint density at radius 3 is 2.15 bits per heavy atom. The predicted octanol–water partition coefficient (Wildman–Crippen LogP) is 1.88. The highest BCUT2D eigenvalue weighted by molar-refractivity contribution is 8.15. The maximum Gasteiger partial charge on any atom is 0.0950 e. The summed E-state index contributed by atoms with van der Waals surface area (Å²) < 4.78 is 0. The molecule has 13 heavy (non-hydrogen) atoms. The molecule has 0 aliphatic carbocycles. The van der Waals surface area contributed by atoms with Crippen LogP contribution in [0.25, 0.3) is 0 Å². The molecular formula is C10H24N2S. The first-order valence-electron chi connectivity index (χ1n) is 5.23. The maximum atomic E-state index is 3.32. The fourth-order valence-electron chi connectivity index (χ4n) is 1.41. The molecule has 0 atom stereocenters. The summed E-state index contributed by atoms with van der Waals surface area (Å²) >= 11 is 0. The van der Waals surface area contributed by atoms with Crippen molar-refractivity contribution in [3.8, 4) is 0 Å². The van der Waals surface area contributed by atoms with Crippen LogP contribution < -0.4 is 10.9 Å². The number of hydrogen-bond acceptors (Lipinski definition) is 2. The third-order valence-electron chi connectivity index (χ3n) is 2.61. The standard InChI is InChI=1S/C10H24N2S/c1-9(2)5-6-10(11-12-10)7-8-13(3)4/h9,11-13H,5-8H2,1-4H3. The normalized spacial score (nSPS) is 20.5. The van der Waals surface area contributed by atoms with Gasteiger partial charge < -0.3 is 0 Å². The van der Waals surface area contributed by atoms with E-state index in [2.05, 4.69) is 37.2 Å². The highest BCUT2D eigenvalue weighted by Gasteiger charge is 2.40. The minimum atomic E-state index is 0.269. The highest BCUT2D eigenvalue weighted by Crippen LogP contribution is 2.28. The van der Waals surface area contributed by atoms with Crippen LogP contribution in [0.3, 0.4) is 0 Å². The van der Waals surface area contributed by atoms with E-state index in [4.69, 9.17) is 0 Å². The lowest BCUT2D eigenvalue weighted by Gasteiger charge is -2.16. The van der Waals surface area contributed by atoms with Gasteiger partial charge in [0, 0.05) is 0 Å². The molecule has 2 nitrogen and oxygen atoms in total. The molecular weight excluding hydrogens is 180 g/mol. The van der Waals surface area contributed by atoms with Gasteiger partial charge in [0.05, 0.1) is 5.66 Å². The van der Waals surface area contributed by atoms with Gasteiger partial charge in [-0.1, -0.05) is 13.8 Å². The SMILES string of the molecule is CC(C)CCC1(CC[SH](C)C)NN1. The molecule has 1 saturated heterocycles. The molecule has 0 aromatic heterocycles. The molecule has 0 bridgehead atoms. The van der Waals surface area contributed by atoms with Crippen molar-refractivity contribution in [3.05, 3.63) is 0 Å². The Morgan fingerprint density at radius 1 is 1.15 bits per heavy atom. The number of rotatable bonds is 6. The minimum absolute atomic E-state index is 0.269. The van der Waals surface area contributed by atoms with Crippen molar-refractivity contribution in [3.63, 3.8) is 0 Å². The van der Waals surface area contributed by atoms with E-state index >= 15 is 0 Å². The van der Waals surface area contributed by atoms with E-state index in [0.29, 0.717) is 5.66 Å². The molecule has 0 spiro atoms. The van der Waals surface area contributed by atoms with Crippen LogP contribution in [0.2, 0.25) is 0 Å². The van der Waals surface area contributed by atoms with Crippen molar-refractivity contribution in [2.45, 2.75) is 38.8 Å². The molecule has 0 aromatic rings. The second kappa shape index (κ2) is 4.67. The van der Waals surface area contributed by atoms with Crippen molar-refractivity contribution in [1.29, 1.82) is 0 Å². The van der Waals surface area contributed by atoms with Gasteiger partial charge in [-0.05, 0) is 43.4 Å². The lowest BCUT2D eigenvalue weighted by Crippen LogP contribution is -2.20. The van der Waals surface area contributed by atoms with Gasteiger partial charge >= 0.3 is 0 Å². The molecule has 80 valence electrons. The van der Waals surface area contributed by atoms with E-state index in [0.717, 1.165) is 5.92 Å². The summed E-state index contributed by atoms with van der Waals surface area (Å²) in [6.45, 7) is 4.59. The molecule has 0 aromatic carbocycles. The zero-order valence-corrected chi connectivity index (χ0v) is 10.2. The molecule has 0 amide bonds. The number of hydrazine groups is 1. The molecule has 0 saturated carbocycles. The van der Waals surface area contributed by atoms with Gasteiger partial charge in [0.15, 0.2) is 0 Å². The van der Waals surface area contributed by atoms with Crippen LogP contribution in [-0.2, 0) is 0 Å². The minimum Gasteiger partial charge on any atom is -0.259 e. The Bertz CT molecular complexity index is 139. The molecule has 1 rings (SSSR count). The van der Waals surface area contributed by atoms with E-state index in [9.17, 15) is 0 Å². The first-order chi connectivity index (χ1) is 6.04. The second-order valence-electron chi connectivity index (χ2n) is 4.82. The molecule has 3 heteroatoms. The molecule has 2 N–H and O–H groups in total. The summed E-state index contributed by atoms with van der Waals surface area (Å²) in [7, 11) is 0.269. The molecule has 1 aliphatic heterocycles. The lowest BCUT2D eigenvalue weighted by atomic mass is 10.00. The molecule has 0 unspecified atom stereocenters. The topological polar surface area (TPSA) is 43.9 Å². The fourth-order valence-corrected chi connectivity index (χ4v) is 2.24. The monoisotopic (exact) mass is 204 g/mol. The van der Waals surface area contributed by atoms with E-state index in [1.807, 2.05) is 0 Å². The van der Waals surface area contributed by atoms with Gasteiger partial charge in [-0.2, -0.15) is 0 Å². The van der Waals surface area contributed by atoms with E-state index in [-0.39, 0.29) is 10.9 Å². The van der Waals surface area contributed by atoms with Crippen LogP contribution in [0.4, 0.5) is 0 Å². The van der Waals surface area contributed by atoms with Crippen LogP contribution in [0.1, 0.15) is 33.1 Å². The zero-order valence-electron chi connectivity index (χ0n) is 9.35. The van der Waals surface area contributed by atoms with Crippen LogP contribution in [0, 0.1) is 5.92 Å². The largest absolute Gasteiger partial charge is 0.259 e. The molecule has 1 aliphatic rings. The fraction of sp³-hybridized carbons (Fsp3) is 1.00. The summed E-state index contributed by atoms with van der Waals surface area (Å²) in [6, 6.07) is 0. The average Bonchev–Trinajstić information content (AvgIpc) is 2.78. The number of nitrogens with one attached hydrogen (secondary N) is 2. The van der Waals surface area contributed by atoms with Gasteiger partial charge in [0.1, 0.15) is 0 Å².